The molecule has 0 aliphatic rings. The summed E-state index contributed by atoms with van der Waals surface area (Å²) in [7, 11) is 3.29. The van der Waals surface area contributed by atoms with E-state index in [4.69, 9.17) is 15.2 Å². The molecule has 2 rings (SSSR count). The van der Waals surface area contributed by atoms with Gasteiger partial charge < -0.3 is 15.2 Å². The molecular formula is C14H18N2O2. The third-order valence-electron chi connectivity index (χ3n) is 2.98. The second-order valence-electron chi connectivity index (χ2n) is 4.05. The molecule has 1 aromatic carbocycles. The average molecular weight is 246 g/mol. The molecule has 1 aromatic heterocycles. The van der Waals surface area contributed by atoms with Gasteiger partial charge in [-0.1, -0.05) is 0 Å². The van der Waals surface area contributed by atoms with E-state index in [0.29, 0.717) is 6.54 Å². The Morgan fingerprint density at radius 1 is 1.11 bits per heavy atom. The highest BCUT2D eigenvalue weighted by molar-refractivity contribution is 5.92. The zero-order valence-electron chi connectivity index (χ0n) is 10.8. The number of methoxy groups -OCH3 is 2. The monoisotopic (exact) mass is 246 g/mol. The summed E-state index contributed by atoms with van der Waals surface area (Å²) in [4.78, 5) is 4.42. The Morgan fingerprint density at radius 2 is 1.94 bits per heavy atom. The van der Waals surface area contributed by atoms with Crippen molar-refractivity contribution in [2.24, 2.45) is 5.73 Å². The number of nitrogens with zero attached hydrogens (tertiary/aromatic N) is 1. The highest BCUT2D eigenvalue weighted by atomic mass is 16.5. The van der Waals surface area contributed by atoms with E-state index in [9.17, 15) is 0 Å². The SMILES string of the molecule is COc1ccc2c(CCCN)nccc2c1OC. The molecule has 0 saturated heterocycles. The molecule has 18 heavy (non-hydrogen) atoms. The first-order valence-corrected chi connectivity index (χ1v) is 6.00. The normalized spacial score (nSPS) is 10.6. The maximum atomic E-state index is 5.55. The molecule has 0 aliphatic carbocycles. The van der Waals surface area contributed by atoms with Gasteiger partial charge in [0.25, 0.3) is 0 Å². The van der Waals surface area contributed by atoms with Crippen molar-refractivity contribution in [2.45, 2.75) is 12.8 Å². The van der Waals surface area contributed by atoms with E-state index in [1.54, 1.807) is 20.4 Å². The Balaban J connectivity index is 2.57. The molecule has 0 radical (unpaired) electrons. The minimum Gasteiger partial charge on any atom is -0.493 e. The maximum absolute atomic E-state index is 5.55. The number of hydrogen-bond donors (Lipinski definition) is 1. The Bertz CT molecular complexity index is 541. The van der Waals surface area contributed by atoms with Crippen LogP contribution in [-0.2, 0) is 6.42 Å². The van der Waals surface area contributed by atoms with Gasteiger partial charge in [0, 0.05) is 22.7 Å². The number of nitrogens with two attached hydrogens (primary N) is 1. The molecule has 0 aliphatic heterocycles. The van der Waals surface area contributed by atoms with Crippen molar-refractivity contribution in [3.63, 3.8) is 0 Å². The van der Waals surface area contributed by atoms with E-state index < -0.39 is 0 Å². The molecule has 0 fully saturated rings. The van der Waals surface area contributed by atoms with Gasteiger partial charge in [0.1, 0.15) is 0 Å². The van der Waals surface area contributed by atoms with Gasteiger partial charge in [-0.3, -0.25) is 4.98 Å². The quantitative estimate of drug-likeness (QED) is 0.878. The van der Waals surface area contributed by atoms with Gasteiger partial charge in [0.05, 0.1) is 14.2 Å². The van der Waals surface area contributed by atoms with Crippen LogP contribution < -0.4 is 15.2 Å². The van der Waals surface area contributed by atoms with E-state index in [1.807, 2.05) is 18.2 Å². The number of rotatable bonds is 5. The van der Waals surface area contributed by atoms with Gasteiger partial charge in [-0.2, -0.15) is 0 Å². The summed E-state index contributed by atoms with van der Waals surface area (Å²) in [6, 6.07) is 5.88. The lowest BCUT2D eigenvalue weighted by atomic mass is 10.1. The summed E-state index contributed by atoms with van der Waals surface area (Å²) in [5.41, 5.74) is 6.60. The average Bonchev–Trinajstić information content (AvgIpc) is 2.43. The first-order chi connectivity index (χ1) is 8.81. The Labute approximate surface area is 107 Å². The van der Waals surface area contributed by atoms with Gasteiger partial charge in [-0.25, -0.2) is 0 Å². The van der Waals surface area contributed by atoms with Crippen molar-refractivity contribution in [1.82, 2.24) is 4.98 Å². The van der Waals surface area contributed by atoms with Crippen molar-refractivity contribution in [2.75, 3.05) is 20.8 Å². The van der Waals surface area contributed by atoms with Crippen molar-refractivity contribution in [3.05, 3.63) is 30.1 Å². The second-order valence-corrected chi connectivity index (χ2v) is 4.05. The first-order valence-electron chi connectivity index (χ1n) is 6.00. The van der Waals surface area contributed by atoms with E-state index in [0.717, 1.165) is 40.8 Å². The third kappa shape index (κ3) is 2.24. The molecule has 1 heterocycles. The number of fused-ring (bicyclic) bond motifs is 1. The van der Waals surface area contributed by atoms with Gasteiger partial charge in [-0.15, -0.1) is 0 Å². The first kappa shape index (κ1) is 12.6. The van der Waals surface area contributed by atoms with Crippen LogP contribution in [0.25, 0.3) is 10.8 Å². The Hall–Kier alpha value is -1.81. The lowest BCUT2D eigenvalue weighted by Gasteiger charge is -2.12. The Kier molecular flexibility index (Phi) is 3.99. The molecule has 4 nitrogen and oxygen atoms in total. The summed E-state index contributed by atoms with van der Waals surface area (Å²) in [6.07, 6.45) is 3.61. The highest BCUT2D eigenvalue weighted by Crippen LogP contribution is 2.36. The molecule has 2 aromatic rings. The van der Waals surface area contributed by atoms with Crippen molar-refractivity contribution >= 4 is 10.8 Å². The molecule has 2 N–H and O–H groups in total. The van der Waals surface area contributed by atoms with Crippen LogP contribution in [-0.4, -0.2) is 25.7 Å². The summed E-state index contributed by atoms with van der Waals surface area (Å²) in [6.45, 7) is 0.672. The number of benzene rings is 1. The van der Waals surface area contributed by atoms with E-state index in [2.05, 4.69) is 4.98 Å². The topological polar surface area (TPSA) is 57.4 Å². The summed E-state index contributed by atoms with van der Waals surface area (Å²) >= 11 is 0. The molecule has 4 heteroatoms. The number of aryl methyl sites for hydroxylation is 1. The Morgan fingerprint density at radius 3 is 2.61 bits per heavy atom. The summed E-state index contributed by atoms with van der Waals surface area (Å²) < 4.78 is 10.7. The molecule has 0 atom stereocenters. The van der Waals surface area contributed by atoms with Gasteiger partial charge in [-0.05, 0) is 37.6 Å². The lowest BCUT2D eigenvalue weighted by molar-refractivity contribution is 0.358. The van der Waals surface area contributed by atoms with Crippen molar-refractivity contribution < 1.29 is 9.47 Å². The number of hydrogen-bond acceptors (Lipinski definition) is 4. The molecule has 0 unspecified atom stereocenters. The lowest BCUT2D eigenvalue weighted by Crippen LogP contribution is -2.02. The number of aromatic nitrogens is 1. The minimum absolute atomic E-state index is 0.672. The summed E-state index contributed by atoms with van der Waals surface area (Å²) in [5, 5.41) is 2.13. The molecule has 0 bridgehead atoms. The fourth-order valence-electron chi connectivity index (χ4n) is 2.11. The van der Waals surface area contributed by atoms with Crippen LogP contribution in [0.15, 0.2) is 24.4 Å². The fourth-order valence-corrected chi connectivity index (χ4v) is 2.11. The predicted molar refractivity (Wildman–Crippen MR) is 72.2 cm³/mol. The van der Waals surface area contributed by atoms with Crippen LogP contribution in [0, 0.1) is 0 Å². The molecule has 96 valence electrons. The number of ether oxygens (including phenoxy) is 2. The van der Waals surface area contributed by atoms with Gasteiger partial charge >= 0.3 is 0 Å². The third-order valence-corrected chi connectivity index (χ3v) is 2.98. The number of pyridine rings is 1. The van der Waals surface area contributed by atoms with Crippen LogP contribution in [0.3, 0.4) is 0 Å². The largest absolute Gasteiger partial charge is 0.493 e. The van der Waals surface area contributed by atoms with Crippen molar-refractivity contribution in [1.29, 1.82) is 0 Å². The van der Waals surface area contributed by atoms with E-state index in [-0.39, 0.29) is 0 Å². The van der Waals surface area contributed by atoms with Gasteiger partial charge in [0.2, 0.25) is 0 Å². The molecular weight excluding hydrogens is 228 g/mol. The maximum Gasteiger partial charge on any atom is 0.168 e. The fraction of sp³-hybridized carbons (Fsp3) is 0.357. The van der Waals surface area contributed by atoms with Crippen LogP contribution in [0.5, 0.6) is 11.5 Å². The minimum atomic E-state index is 0.672. The zero-order valence-corrected chi connectivity index (χ0v) is 10.8. The summed E-state index contributed by atoms with van der Waals surface area (Å²) in [5.74, 6) is 1.49. The van der Waals surface area contributed by atoms with E-state index >= 15 is 0 Å². The van der Waals surface area contributed by atoms with Crippen LogP contribution in [0.4, 0.5) is 0 Å². The molecule has 0 saturated carbocycles. The second kappa shape index (κ2) is 5.69. The van der Waals surface area contributed by atoms with Crippen LogP contribution in [0.1, 0.15) is 12.1 Å². The van der Waals surface area contributed by atoms with Crippen LogP contribution in [0.2, 0.25) is 0 Å². The molecule has 0 spiro atoms. The molecule has 0 amide bonds. The standard InChI is InChI=1S/C14H18N2O2/c1-17-13-6-5-10-11(14(13)18-2)7-9-16-12(10)4-3-8-15/h5-7,9H,3-4,8,15H2,1-2H3. The highest BCUT2D eigenvalue weighted by Gasteiger charge is 2.11. The van der Waals surface area contributed by atoms with Crippen molar-refractivity contribution in [3.8, 4) is 11.5 Å². The van der Waals surface area contributed by atoms with E-state index in [1.165, 1.54) is 0 Å². The van der Waals surface area contributed by atoms with Gasteiger partial charge in [0.15, 0.2) is 11.5 Å². The predicted octanol–water partition coefficient (Wildman–Crippen LogP) is 2.14. The zero-order chi connectivity index (χ0) is 13.0. The van der Waals surface area contributed by atoms with Crippen LogP contribution >= 0.6 is 0 Å². The smallest absolute Gasteiger partial charge is 0.168 e.